The predicted molar refractivity (Wildman–Crippen MR) is 79.7 cm³/mol. The fraction of sp³-hybridized carbons (Fsp3) is 0.286. The summed E-state index contributed by atoms with van der Waals surface area (Å²) in [5.74, 6) is 2.78. The summed E-state index contributed by atoms with van der Waals surface area (Å²) in [6.45, 7) is 3.66. The van der Waals surface area contributed by atoms with E-state index in [0.717, 1.165) is 15.1 Å². The molecule has 0 amide bonds. The standard InChI is InChI=1S/C14H13NO2S2/c1-4-8-18-11-10-6-5-7-15-13(10)19-12(11)14(16)17-9(2)3/h1,5-7,9H,8H2,2-3H3. The van der Waals surface area contributed by atoms with Crippen LogP contribution in [-0.4, -0.2) is 22.8 Å². The number of hydrogen-bond acceptors (Lipinski definition) is 5. The van der Waals surface area contributed by atoms with Gasteiger partial charge in [0.1, 0.15) is 9.71 Å². The zero-order chi connectivity index (χ0) is 13.8. The summed E-state index contributed by atoms with van der Waals surface area (Å²) in [6.07, 6.45) is 6.87. The molecule has 0 N–H and O–H groups in total. The SMILES string of the molecule is C#CCSc1c(C(=O)OC(C)C)sc2ncccc12. The van der Waals surface area contributed by atoms with Crippen LogP contribution in [0.4, 0.5) is 0 Å². The number of pyridine rings is 1. The van der Waals surface area contributed by atoms with Gasteiger partial charge in [0, 0.05) is 16.5 Å². The molecular formula is C14H13NO2S2. The largest absolute Gasteiger partial charge is 0.459 e. The number of nitrogens with zero attached hydrogens (tertiary/aromatic N) is 1. The summed E-state index contributed by atoms with van der Waals surface area (Å²) < 4.78 is 5.27. The fourth-order valence-electron chi connectivity index (χ4n) is 1.57. The lowest BCUT2D eigenvalue weighted by Gasteiger charge is -2.07. The van der Waals surface area contributed by atoms with Crippen LogP contribution in [0.2, 0.25) is 0 Å². The van der Waals surface area contributed by atoms with E-state index in [4.69, 9.17) is 11.2 Å². The van der Waals surface area contributed by atoms with E-state index in [0.29, 0.717) is 10.6 Å². The Morgan fingerprint density at radius 1 is 1.63 bits per heavy atom. The van der Waals surface area contributed by atoms with Crippen molar-refractivity contribution < 1.29 is 9.53 Å². The van der Waals surface area contributed by atoms with Gasteiger partial charge < -0.3 is 4.74 Å². The molecule has 5 heteroatoms. The molecule has 0 radical (unpaired) electrons. The van der Waals surface area contributed by atoms with E-state index >= 15 is 0 Å². The molecule has 3 nitrogen and oxygen atoms in total. The van der Waals surface area contributed by atoms with Crippen molar-refractivity contribution in [2.24, 2.45) is 0 Å². The second kappa shape index (κ2) is 6.09. The first-order chi connectivity index (χ1) is 9.13. The van der Waals surface area contributed by atoms with Crippen molar-refractivity contribution in [1.29, 1.82) is 0 Å². The summed E-state index contributed by atoms with van der Waals surface area (Å²) in [4.78, 5) is 18.7. The molecule has 0 fully saturated rings. The van der Waals surface area contributed by atoms with Crippen LogP contribution < -0.4 is 0 Å². The first-order valence-corrected chi connectivity index (χ1v) is 7.58. The number of aromatic nitrogens is 1. The van der Waals surface area contributed by atoms with Crippen LogP contribution in [0.25, 0.3) is 10.2 Å². The van der Waals surface area contributed by atoms with Crippen molar-refractivity contribution in [3.8, 4) is 12.3 Å². The normalized spacial score (nSPS) is 10.6. The monoisotopic (exact) mass is 291 g/mol. The highest BCUT2D eigenvalue weighted by Crippen LogP contribution is 2.37. The van der Waals surface area contributed by atoms with Crippen molar-refractivity contribution in [2.75, 3.05) is 5.75 Å². The Bertz CT molecular complexity index is 640. The molecule has 0 aromatic carbocycles. The quantitative estimate of drug-likeness (QED) is 0.490. The Morgan fingerprint density at radius 3 is 3.11 bits per heavy atom. The molecule has 0 spiro atoms. The van der Waals surface area contributed by atoms with Gasteiger partial charge in [-0.15, -0.1) is 29.5 Å². The minimum Gasteiger partial charge on any atom is -0.459 e. The van der Waals surface area contributed by atoms with Crippen molar-refractivity contribution in [2.45, 2.75) is 24.8 Å². The van der Waals surface area contributed by atoms with E-state index in [2.05, 4.69) is 10.9 Å². The third-order valence-corrected chi connectivity index (χ3v) is 4.50. The number of fused-ring (bicyclic) bond motifs is 1. The number of thiophene rings is 1. The molecule has 0 aliphatic rings. The molecule has 19 heavy (non-hydrogen) atoms. The summed E-state index contributed by atoms with van der Waals surface area (Å²) in [5, 5.41) is 0.962. The highest BCUT2D eigenvalue weighted by molar-refractivity contribution is 8.00. The highest BCUT2D eigenvalue weighted by atomic mass is 32.2. The van der Waals surface area contributed by atoms with Gasteiger partial charge in [-0.3, -0.25) is 0 Å². The smallest absolute Gasteiger partial charge is 0.349 e. The van der Waals surface area contributed by atoms with Crippen LogP contribution >= 0.6 is 23.1 Å². The number of terminal acetylenes is 1. The number of thioether (sulfide) groups is 1. The molecule has 2 aromatic heterocycles. The second-order valence-electron chi connectivity index (χ2n) is 4.06. The number of carbonyl (C=O) groups is 1. The molecule has 2 heterocycles. The Balaban J connectivity index is 2.46. The molecule has 2 aromatic rings. The molecule has 0 aliphatic carbocycles. The van der Waals surface area contributed by atoms with Gasteiger partial charge in [-0.05, 0) is 26.0 Å². The number of hydrogen-bond donors (Lipinski definition) is 0. The van der Waals surface area contributed by atoms with Crippen LogP contribution in [0.15, 0.2) is 23.2 Å². The van der Waals surface area contributed by atoms with Crippen molar-refractivity contribution >= 4 is 39.3 Å². The highest BCUT2D eigenvalue weighted by Gasteiger charge is 2.21. The summed E-state index contributed by atoms with van der Waals surface area (Å²) in [6, 6.07) is 3.80. The van der Waals surface area contributed by atoms with Gasteiger partial charge in [-0.2, -0.15) is 0 Å². The molecular weight excluding hydrogens is 278 g/mol. The van der Waals surface area contributed by atoms with E-state index in [9.17, 15) is 4.79 Å². The molecule has 0 aliphatic heterocycles. The van der Waals surface area contributed by atoms with E-state index in [1.165, 1.54) is 23.1 Å². The maximum atomic E-state index is 12.1. The first kappa shape index (κ1) is 13.9. The van der Waals surface area contributed by atoms with E-state index in [1.54, 1.807) is 6.20 Å². The summed E-state index contributed by atoms with van der Waals surface area (Å²) >= 11 is 2.82. The van der Waals surface area contributed by atoms with E-state index in [-0.39, 0.29) is 12.1 Å². The van der Waals surface area contributed by atoms with Crippen LogP contribution in [0.1, 0.15) is 23.5 Å². The molecule has 0 bridgehead atoms. The number of carbonyl (C=O) groups excluding carboxylic acids is 1. The zero-order valence-electron chi connectivity index (χ0n) is 10.7. The number of ether oxygens (including phenoxy) is 1. The lowest BCUT2D eigenvalue weighted by Crippen LogP contribution is -2.10. The third-order valence-electron chi connectivity index (χ3n) is 2.25. The maximum absolute atomic E-state index is 12.1. The minimum atomic E-state index is -0.308. The van der Waals surface area contributed by atoms with E-state index in [1.807, 2.05) is 26.0 Å². The van der Waals surface area contributed by atoms with Crippen LogP contribution in [0.3, 0.4) is 0 Å². The van der Waals surface area contributed by atoms with Gasteiger partial charge in [0.05, 0.1) is 11.9 Å². The number of esters is 1. The topological polar surface area (TPSA) is 39.2 Å². The third kappa shape index (κ3) is 3.09. The lowest BCUT2D eigenvalue weighted by molar-refractivity contribution is 0.0380. The molecule has 98 valence electrons. The molecule has 2 rings (SSSR count). The maximum Gasteiger partial charge on any atom is 0.349 e. The van der Waals surface area contributed by atoms with Gasteiger partial charge in [0.25, 0.3) is 0 Å². The van der Waals surface area contributed by atoms with Gasteiger partial charge in [-0.1, -0.05) is 5.92 Å². The second-order valence-corrected chi connectivity index (χ2v) is 6.05. The van der Waals surface area contributed by atoms with Crippen molar-refractivity contribution in [3.63, 3.8) is 0 Å². The average Bonchev–Trinajstić information content (AvgIpc) is 2.74. The van der Waals surface area contributed by atoms with E-state index < -0.39 is 0 Å². The molecule has 0 saturated heterocycles. The molecule has 0 saturated carbocycles. The van der Waals surface area contributed by atoms with Crippen LogP contribution in [-0.2, 0) is 4.74 Å². The lowest BCUT2D eigenvalue weighted by atomic mass is 10.3. The van der Waals surface area contributed by atoms with Crippen molar-refractivity contribution in [3.05, 3.63) is 23.2 Å². The Hall–Kier alpha value is -1.51. The zero-order valence-corrected chi connectivity index (χ0v) is 12.3. The molecule has 0 atom stereocenters. The fourth-order valence-corrected chi connectivity index (χ4v) is 3.62. The van der Waals surface area contributed by atoms with Crippen LogP contribution in [0.5, 0.6) is 0 Å². The Kier molecular flexibility index (Phi) is 4.46. The first-order valence-electron chi connectivity index (χ1n) is 5.78. The van der Waals surface area contributed by atoms with Crippen LogP contribution in [0, 0.1) is 12.3 Å². The Labute approximate surface area is 120 Å². The summed E-state index contributed by atoms with van der Waals surface area (Å²) in [5.41, 5.74) is 0. The Morgan fingerprint density at radius 2 is 2.42 bits per heavy atom. The van der Waals surface area contributed by atoms with Gasteiger partial charge in [0.2, 0.25) is 0 Å². The van der Waals surface area contributed by atoms with Crippen molar-refractivity contribution in [1.82, 2.24) is 4.98 Å². The predicted octanol–water partition coefficient (Wildman–Crippen LogP) is 3.59. The van der Waals surface area contributed by atoms with Gasteiger partial charge in [0.15, 0.2) is 0 Å². The van der Waals surface area contributed by atoms with Gasteiger partial charge >= 0.3 is 5.97 Å². The average molecular weight is 291 g/mol. The summed E-state index contributed by atoms with van der Waals surface area (Å²) in [7, 11) is 0. The van der Waals surface area contributed by atoms with Gasteiger partial charge in [-0.25, -0.2) is 9.78 Å². The number of rotatable bonds is 4. The molecule has 0 unspecified atom stereocenters. The minimum absolute atomic E-state index is 0.142.